The van der Waals surface area contributed by atoms with Crippen molar-refractivity contribution >= 4 is 10.9 Å². The Hall–Kier alpha value is -2.23. The summed E-state index contributed by atoms with van der Waals surface area (Å²) in [6, 6.07) is 8.37. The molecule has 1 nitrogen and oxygen atoms in total. The molecule has 0 spiro atoms. The van der Waals surface area contributed by atoms with Crippen molar-refractivity contribution in [2.75, 3.05) is 0 Å². The summed E-state index contributed by atoms with van der Waals surface area (Å²) in [5.41, 5.74) is 2.82. The molecule has 1 aliphatic carbocycles. The summed E-state index contributed by atoms with van der Waals surface area (Å²) in [4.78, 5) is 3.10. The second kappa shape index (κ2) is 6.95. The number of hydrogen-bond acceptors (Lipinski definition) is 0. The van der Waals surface area contributed by atoms with Gasteiger partial charge in [0.15, 0.2) is 0 Å². The van der Waals surface area contributed by atoms with E-state index in [2.05, 4.69) is 11.9 Å². The smallest absolute Gasteiger partial charge is 0.150 e. The molecule has 1 saturated carbocycles. The van der Waals surface area contributed by atoms with E-state index in [1.807, 2.05) is 13.8 Å². The van der Waals surface area contributed by atoms with Gasteiger partial charge in [-0.25, -0.2) is 13.2 Å². The molecule has 1 heterocycles. The molecule has 0 radical (unpaired) electrons. The molecule has 1 N–H and O–H groups in total. The molecule has 0 aliphatic heterocycles. The van der Waals surface area contributed by atoms with Crippen molar-refractivity contribution in [3.8, 4) is 11.3 Å². The van der Waals surface area contributed by atoms with E-state index in [0.29, 0.717) is 16.8 Å². The van der Waals surface area contributed by atoms with E-state index in [-0.39, 0.29) is 11.7 Å². The van der Waals surface area contributed by atoms with Crippen molar-refractivity contribution in [3.63, 3.8) is 0 Å². The molecule has 1 fully saturated rings. The number of nitrogens with one attached hydrogen (secondary N) is 1. The lowest BCUT2D eigenvalue weighted by atomic mass is 9.71. The number of H-pyrrole nitrogens is 1. The molecule has 4 heteroatoms. The highest BCUT2D eigenvalue weighted by molar-refractivity contribution is 5.92. The summed E-state index contributed by atoms with van der Waals surface area (Å²) < 4.78 is 41.0. The van der Waals surface area contributed by atoms with Crippen molar-refractivity contribution in [3.05, 3.63) is 59.4 Å². The van der Waals surface area contributed by atoms with E-state index >= 15 is 0 Å². The van der Waals surface area contributed by atoms with Crippen LogP contribution in [0.4, 0.5) is 13.2 Å². The van der Waals surface area contributed by atoms with Crippen molar-refractivity contribution in [2.45, 2.75) is 39.5 Å². The van der Waals surface area contributed by atoms with Crippen LogP contribution in [0.15, 0.2) is 36.4 Å². The van der Waals surface area contributed by atoms with Crippen LogP contribution in [0.1, 0.15) is 45.1 Å². The SMILES string of the molecule is CC.CC1CC(c2c(-c3ccc(F)cc3)[nH]c3c(F)cc(F)cc23)C1. The van der Waals surface area contributed by atoms with Crippen molar-refractivity contribution in [1.29, 1.82) is 0 Å². The molecule has 0 atom stereocenters. The van der Waals surface area contributed by atoms with Crippen LogP contribution < -0.4 is 0 Å². The molecule has 2 aromatic carbocycles. The number of rotatable bonds is 2. The topological polar surface area (TPSA) is 15.8 Å². The molecule has 0 amide bonds. The summed E-state index contributed by atoms with van der Waals surface area (Å²) in [6.45, 7) is 6.17. The Morgan fingerprint density at radius 1 is 0.920 bits per heavy atom. The maximum atomic E-state index is 14.2. The first-order chi connectivity index (χ1) is 12.0. The fraction of sp³-hybridized carbons (Fsp3) is 0.333. The fourth-order valence-electron chi connectivity index (χ4n) is 3.65. The molecule has 1 aliphatic rings. The number of halogens is 3. The van der Waals surface area contributed by atoms with Crippen LogP contribution in [-0.2, 0) is 0 Å². The minimum Gasteiger partial charge on any atom is -0.352 e. The standard InChI is InChI=1S/C19H16F3N.C2H6/c1-10-6-12(7-10)17-15-8-14(21)9-16(22)19(15)23-18(17)11-2-4-13(20)5-3-11;1-2/h2-5,8-10,12,23H,6-7H2,1H3;1-2H3. The number of aromatic nitrogens is 1. The zero-order chi connectivity index (χ0) is 18.1. The van der Waals surface area contributed by atoms with Crippen molar-refractivity contribution in [1.82, 2.24) is 4.98 Å². The quantitative estimate of drug-likeness (QED) is 0.526. The highest BCUT2D eigenvalue weighted by Crippen LogP contribution is 2.48. The van der Waals surface area contributed by atoms with E-state index in [0.717, 1.165) is 35.7 Å². The van der Waals surface area contributed by atoms with Gasteiger partial charge >= 0.3 is 0 Å². The summed E-state index contributed by atoms with van der Waals surface area (Å²) in [5, 5.41) is 0.596. The van der Waals surface area contributed by atoms with Crippen LogP contribution in [-0.4, -0.2) is 4.98 Å². The first-order valence-electron chi connectivity index (χ1n) is 8.79. The van der Waals surface area contributed by atoms with Crippen LogP contribution in [0.25, 0.3) is 22.2 Å². The Kier molecular flexibility index (Phi) is 4.89. The van der Waals surface area contributed by atoms with E-state index in [1.54, 1.807) is 12.1 Å². The molecule has 0 saturated heterocycles. The van der Waals surface area contributed by atoms with Gasteiger partial charge in [0.05, 0.1) is 11.2 Å². The van der Waals surface area contributed by atoms with Gasteiger partial charge in [-0.15, -0.1) is 0 Å². The third kappa shape index (κ3) is 3.17. The van der Waals surface area contributed by atoms with Crippen LogP contribution in [0.2, 0.25) is 0 Å². The molecule has 1 aromatic heterocycles. The molecule has 3 aromatic rings. The van der Waals surface area contributed by atoms with Gasteiger partial charge in [-0.2, -0.15) is 0 Å². The van der Waals surface area contributed by atoms with Gasteiger partial charge < -0.3 is 4.98 Å². The Bertz CT molecular complexity index is 874. The van der Waals surface area contributed by atoms with Gasteiger partial charge in [-0.1, -0.05) is 20.8 Å². The first kappa shape index (κ1) is 17.6. The van der Waals surface area contributed by atoms with Crippen molar-refractivity contribution < 1.29 is 13.2 Å². The predicted molar refractivity (Wildman–Crippen MR) is 96.1 cm³/mol. The minimum absolute atomic E-state index is 0.278. The van der Waals surface area contributed by atoms with Crippen LogP contribution in [0.5, 0.6) is 0 Å². The van der Waals surface area contributed by atoms with E-state index in [9.17, 15) is 13.2 Å². The fourth-order valence-corrected chi connectivity index (χ4v) is 3.65. The first-order valence-corrected chi connectivity index (χ1v) is 8.79. The Morgan fingerprint density at radius 2 is 1.56 bits per heavy atom. The van der Waals surface area contributed by atoms with Crippen LogP contribution in [0.3, 0.4) is 0 Å². The minimum atomic E-state index is -0.595. The number of fused-ring (bicyclic) bond motifs is 1. The zero-order valence-corrected chi connectivity index (χ0v) is 14.7. The third-order valence-corrected chi connectivity index (χ3v) is 4.78. The summed E-state index contributed by atoms with van der Waals surface area (Å²) >= 11 is 0. The average Bonchev–Trinajstić information content (AvgIpc) is 2.94. The van der Waals surface area contributed by atoms with Gasteiger partial charge in [0.25, 0.3) is 0 Å². The average molecular weight is 345 g/mol. The van der Waals surface area contributed by atoms with Gasteiger partial charge in [-0.05, 0) is 66.1 Å². The molecule has 25 heavy (non-hydrogen) atoms. The molecule has 0 bridgehead atoms. The molecule has 4 rings (SSSR count). The molecular weight excluding hydrogens is 323 g/mol. The molecule has 0 unspecified atom stereocenters. The zero-order valence-electron chi connectivity index (χ0n) is 14.7. The highest BCUT2D eigenvalue weighted by Gasteiger charge is 2.32. The highest BCUT2D eigenvalue weighted by atomic mass is 19.1. The van der Waals surface area contributed by atoms with Crippen molar-refractivity contribution in [2.24, 2.45) is 5.92 Å². The summed E-state index contributed by atoms with van der Waals surface area (Å²) in [5.74, 6) is -0.597. The normalized spacial score (nSPS) is 19.3. The number of hydrogen-bond donors (Lipinski definition) is 1. The summed E-state index contributed by atoms with van der Waals surface area (Å²) in [7, 11) is 0. The van der Waals surface area contributed by atoms with Gasteiger partial charge in [0.1, 0.15) is 17.5 Å². The summed E-state index contributed by atoms with van der Waals surface area (Å²) in [6.07, 6.45) is 2.00. The molecule has 132 valence electrons. The Labute approximate surface area is 145 Å². The second-order valence-corrected chi connectivity index (χ2v) is 6.50. The lowest BCUT2D eigenvalue weighted by Crippen LogP contribution is -2.19. The monoisotopic (exact) mass is 345 g/mol. The Morgan fingerprint density at radius 3 is 2.16 bits per heavy atom. The van der Waals surface area contributed by atoms with Gasteiger partial charge in [0.2, 0.25) is 0 Å². The lowest BCUT2D eigenvalue weighted by Gasteiger charge is -2.33. The largest absolute Gasteiger partial charge is 0.352 e. The Balaban J connectivity index is 0.000000880. The maximum Gasteiger partial charge on any atom is 0.150 e. The van der Waals surface area contributed by atoms with Crippen LogP contribution in [0, 0.1) is 23.4 Å². The van der Waals surface area contributed by atoms with Crippen LogP contribution >= 0.6 is 0 Å². The van der Waals surface area contributed by atoms with Gasteiger partial charge in [-0.3, -0.25) is 0 Å². The lowest BCUT2D eigenvalue weighted by molar-refractivity contribution is 0.290. The van der Waals surface area contributed by atoms with E-state index in [4.69, 9.17) is 0 Å². The third-order valence-electron chi connectivity index (χ3n) is 4.78. The predicted octanol–water partition coefficient (Wildman–Crippen LogP) is 6.79. The van der Waals surface area contributed by atoms with Gasteiger partial charge in [0, 0.05) is 11.5 Å². The molecular formula is C21H22F3N. The van der Waals surface area contributed by atoms with E-state index < -0.39 is 11.6 Å². The number of aromatic amines is 1. The number of benzene rings is 2. The van der Waals surface area contributed by atoms with E-state index in [1.165, 1.54) is 18.2 Å². The second-order valence-electron chi connectivity index (χ2n) is 6.50. The maximum absolute atomic E-state index is 14.2.